The molecule has 11 heavy (non-hydrogen) atoms. The molecule has 1 unspecified atom stereocenters. The quantitative estimate of drug-likeness (QED) is 0.559. The van der Waals surface area contributed by atoms with Crippen molar-refractivity contribution in [2.75, 3.05) is 4.72 Å². The van der Waals surface area contributed by atoms with Crippen LogP contribution in [0.1, 0.15) is 0 Å². The molecular formula is C5H4ClN2O2S-. The SMILES string of the molecule is O=S([O-])Nc1cccc(Cl)n1. The molecule has 6 heteroatoms. The number of anilines is 1. The molecule has 1 atom stereocenters. The van der Waals surface area contributed by atoms with Gasteiger partial charge in [-0.1, -0.05) is 17.7 Å². The first kappa shape index (κ1) is 8.45. The van der Waals surface area contributed by atoms with Crippen LogP contribution in [0.5, 0.6) is 0 Å². The van der Waals surface area contributed by atoms with Crippen LogP contribution in [-0.4, -0.2) is 13.7 Å². The van der Waals surface area contributed by atoms with Crippen LogP contribution in [0.4, 0.5) is 5.82 Å². The van der Waals surface area contributed by atoms with E-state index >= 15 is 0 Å². The Hall–Kier alpha value is -0.650. The monoisotopic (exact) mass is 191 g/mol. The maximum absolute atomic E-state index is 10.1. The summed E-state index contributed by atoms with van der Waals surface area (Å²) >= 11 is 3.13. The Morgan fingerprint density at radius 2 is 2.36 bits per heavy atom. The Balaban J connectivity index is 2.79. The molecule has 0 aliphatic carbocycles. The second-order valence-corrected chi connectivity index (χ2v) is 2.74. The van der Waals surface area contributed by atoms with Gasteiger partial charge in [-0.3, -0.25) is 4.21 Å². The molecular weight excluding hydrogens is 188 g/mol. The number of hydrogen-bond donors (Lipinski definition) is 1. The summed E-state index contributed by atoms with van der Waals surface area (Å²) in [5.74, 6) is 0.214. The lowest BCUT2D eigenvalue weighted by atomic mass is 10.5. The molecule has 0 radical (unpaired) electrons. The van der Waals surface area contributed by atoms with Crippen LogP contribution in [0.3, 0.4) is 0 Å². The van der Waals surface area contributed by atoms with E-state index in [-0.39, 0.29) is 11.0 Å². The van der Waals surface area contributed by atoms with E-state index in [1.54, 1.807) is 12.1 Å². The lowest BCUT2D eigenvalue weighted by Gasteiger charge is -2.06. The van der Waals surface area contributed by atoms with Crippen molar-refractivity contribution in [2.45, 2.75) is 0 Å². The van der Waals surface area contributed by atoms with Crippen molar-refractivity contribution in [2.24, 2.45) is 0 Å². The van der Waals surface area contributed by atoms with Gasteiger partial charge >= 0.3 is 0 Å². The van der Waals surface area contributed by atoms with Crippen LogP contribution < -0.4 is 4.72 Å². The molecule has 1 N–H and O–H groups in total. The van der Waals surface area contributed by atoms with Gasteiger partial charge in [0.05, 0.1) is 0 Å². The van der Waals surface area contributed by atoms with Crippen LogP contribution in [0.15, 0.2) is 18.2 Å². The first-order chi connectivity index (χ1) is 5.18. The molecule has 1 rings (SSSR count). The zero-order valence-corrected chi connectivity index (χ0v) is 6.85. The van der Waals surface area contributed by atoms with Gasteiger partial charge in [0.2, 0.25) is 0 Å². The van der Waals surface area contributed by atoms with Crippen LogP contribution in [0.25, 0.3) is 0 Å². The van der Waals surface area contributed by atoms with Gasteiger partial charge in [0.25, 0.3) is 0 Å². The van der Waals surface area contributed by atoms with Crippen LogP contribution in [0, 0.1) is 0 Å². The molecule has 0 aromatic carbocycles. The molecule has 60 valence electrons. The third-order valence-corrected chi connectivity index (χ3v) is 1.49. The number of nitrogens with zero attached hydrogens (tertiary/aromatic N) is 1. The first-order valence-corrected chi connectivity index (χ1v) is 4.12. The molecule has 0 bridgehead atoms. The first-order valence-electron chi connectivity index (χ1n) is 2.67. The molecule has 0 amide bonds. The number of aromatic nitrogens is 1. The van der Waals surface area contributed by atoms with Crippen LogP contribution in [-0.2, 0) is 11.3 Å². The van der Waals surface area contributed by atoms with Gasteiger partial charge in [-0.05, 0) is 12.1 Å². The minimum Gasteiger partial charge on any atom is -0.755 e. The fourth-order valence-electron chi connectivity index (χ4n) is 0.550. The van der Waals surface area contributed by atoms with Gasteiger partial charge in [-0.25, -0.2) is 4.98 Å². The molecule has 4 nitrogen and oxygen atoms in total. The fourth-order valence-corrected chi connectivity index (χ4v) is 0.999. The van der Waals surface area contributed by atoms with E-state index in [1.807, 2.05) is 0 Å². The summed E-state index contributed by atoms with van der Waals surface area (Å²) in [6.07, 6.45) is 0. The molecule has 0 aliphatic rings. The normalized spacial score (nSPS) is 12.5. The summed E-state index contributed by atoms with van der Waals surface area (Å²) in [5.41, 5.74) is 0. The van der Waals surface area contributed by atoms with Gasteiger partial charge in [-0.15, -0.1) is 0 Å². The number of pyridine rings is 1. The summed E-state index contributed by atoms with van der Waals surface area (Å²) in [4.78, 5) is 3.67. The van der Waals surface area contributed by atoms with Gasteiger partial charge in [-0.2, -0.15) is 0 Å². The fraction of sp³-hybridized carbons (Fsp3) is 0. The van der Waals surface area contributed by atoms with Crippen molar-refractivity contribution in [1.82, 2.24) is 4.98 Å². The number of halogens is 1. The lowest BCUT2D eigenvalue weighted by Crippen LogP contribution is -2.03. The smallest absolute Gasteiger partial charge is 0.138 e. The third kappa shape index (κ3) is 2.83. The zero-order chi connectivity index (χ0) is 8.27. The molecule has 0 spiro atoms. The summed E-state index contributed by atoms with van der Waals surface area (Å²) in [5, 5.41) is 0.250. The van der Waals surface area contributed by atoms with E-state index in [4.69, 9.17) is 11.6 Å². The van der Waals surface area contributed by atoms with Crippen LogP contribution in [0.2, 0.25) is 5.15 Å². The minimum absolute atomic E-state index is 0.214. The zero-order valence-electron chi connectivity index (χ0n) is 5.28. The number of hydrogen-bond acceptors (Lipinski definition) is 3. The molecule has 1 heterocycles. The highest BCUT2D eigenvalue weighted by Crippen LogP contribution is 2.08. The second kappa shape index (κ2) is 3.66. The maximum Gasteiger partial charge on any atom is 0.138 e. The summed E-state index contributed by atoms with van der Waals surface area (Å²) < 4.78 is 22.2. The maximum atomic E-state index is 10.1. The van der Waals surface area contributed by atoms with Gasteiger partial charge < -0.3 is 9.27 Å². The Morgan fingerprint density at radius 1 is 1.64 bits per heavy atom. The average molecular weight is 192 g/mol. The molecule has 0 saturated heterocycles. The third-order valence-electron chi connectivity index (χ3n) is 0.903. The minimum atomic E-state index is -2.35. The Kier molecular flexibility index (Phi) is 2.81. The highest BCUT2D eigenvalue weighted by molar-refractivity contribution is 7.80. The Morgan fingerprint density at radius 3 is 2.91 bits per heavy atom. The Bertz CT molecular complexity index is 281. The molecule has 0 aliphatic heterocycles. The van der Waals surface area contributed by atoms with E-state index in [2.05, 4.69) is 9.71 Å². The van der Waals surface area contributed by atoms with E-state index in [0.717, 1.165) is 0 Å². The van der Waals surface area contributed by atoms with E-state index < -0.39 is 11.3 Å². The van der Waals surface area contributed by atoms with Crippen molar-refractivity contribution >= 4 is 28.7 Å². The van der Waals surface area contributed by atoms with Crippen molar-refractivity contribution in [1.29, 1.82) is 0 Å². The number of nitrogens with one attached hydrogen (secondary N) is 1. The predicted molar refractivity (Wildman–Crippen MR) is 41.8 cm³/mol. The van der Waals surface area contributed by atoms with Crippen molar-refractivity contribution < 1.29 is 8.76 Å². The molecule has 0 fully saturated rings. The van der Waals surface area contributed by atoms with E-state index in [9.17, 15) is 8.76 Å². The summed E-state index contributed by atoms with van der Waals surface area (Å²) in [7, 11) is 0. The van der Waals surface area contributed by atoms with Crippen LogP contribution >= 0.6 is 11.6 Å². The van der Waals surface area contributed by atoms with E-state index in [0.29, 0.717) is 0 Å². The molecule has 0 saturated carbocycles. The largest absolute Gasteiger partial charge is 0.755 e. The summed E-state index contributed by atoms with van der Waals surface area (Å²) in [6, 6.07) is 4.66. The highest BCUT2D eigenvalue weighted by atomic mass is 35.5. The second-order valence-electron chi connectivity index (χ2n) is 1.68. The van der Waals surface area contributed by atoms with Crippen molar-refractivity contribution in [3.63, 3.8) is 0 Å². The van der Waals surface area contributed by atoms with Crippen molar-refractivity contribution in [3.8, 4) is 0 Å². The standard InChI is InChI=1S/C5H5ClN2O2S/c6-4-2-1-3-5(7-4)8-11(9)10/h1-3H,(H,7,8)(H,9,10)/p-1. The van der Waals surface area contributed by atoms with E-state index in [1.165, 1.54) is 6.07 Å². The van der Waals surface area contributed by atoms with Crippen molar-refractivity contribution in [3.05, 3.63) is 23.4 Å². The van der Waals surface area contributed by atoms with Gasteiger partial charge in [0.15, 0.2) is 0 Å². The molecule has 1 aromatic rings. The van der Waals surface area contributed by atoms with Gasteiger partial charge in [0.1, 0.15) is 11.0 Å². The highest BCUT2D eigenvalue weighted by Gasteiger charge is 1.92. The number of rotatable bonds is 2. The summed E-state index contributed by atoms with van der Waals surface area (Å²) in [6.45, 7) is 0. The topological polar surface area (TPSA) is 65.0 Å². The Labute approximate surface area is 71.0 Å². The predicted octanol–water partition coefficient (Wildman–Crippen LogP) is 0.941. The average Bonchev–Trinajstić information content (AvgIpc) is 1.85. The lowest BCUT2D eigenvalue weighted by molar-refractivity contribution is 0.542. The van der Waals surface area contributed by atoms with Gasteiger partial charge in [0, 0.05) is 11.3 Å². The molecule has 1 aromatic heterocycles.